The summed E-state index contributed by atoms with van der Waals surface area (Å²) in [6.07, 6.45) is 0. The molecule has 1 aromatic rings. The van der Waals surface area contributed by atoms with Crippen LogP contribution in [0.2, 0.25) is 0 Å². The molecule has 0 bridgehead atoms. The molecule has 0 aliphatic heterocycles. The molecule has 0 spiro atoms. The van der Waals surface area contributed by atoms with E-state index in [4.69, 9.17) is 4.74 Å². The molecule has 0 radical (unpaired) electrons. The number of hydrogen-bond donors (Lipinski definition) is 2. The van der Waals surface area contributed by atoms with Gasteiger partial charge in [0.25, 0.3) is 0 Å². The number of methoxy groups -OCH3 is 1. The monoisotopic (exact) mass is 260 g/mol. The van der Waals surface area contributed by atoms with Crippen molar-refractivity contribution in [1.82, 2.24) is 0 Å². The Bertz CT molecular complexity index is 342. The third-order valence-corrected chi connectivity index (χ3v) is 2.58. The Morgan fingerprint density at radius 3 is 2.36 bits per heavy atom. The van der Waals surface area contributed by atoms with Crippen LogP contribution in [0.4, 0.5) is 0 Å². The fourth-order valence-corrected chi connectivity index (χ4v) is 2.10. The maximum atomic E-state index is 9.83. The van der Waals surface area contributed by atoms with E-state index < -0.39 is 5.60 Å². The van der Waals surface area contributed by atoms with Gasteiger partial charge in [0.15, 0.2) is 11.5 Å². The van der Waals surface area contributed by atoms with Crippen LogP contribution in [0, 0.1) is 0 Å². The van der Waals surface area contributed by atoms with Crippen molar-refractivity contribution in [2.24, 2.45) is 0 Å². The van der Waals surface area contributed by atoms with Crippen molar-refractivity contribution in [2.75, 3.05) is 7.11 Å². The lowest BCUT2D eigenvalue weighted by Crippen LogP contribution is -2.16. The molecule has 14 heavy (non-hydrogen) atoms. The lowest BCUT2D eigenvalue weighted by molar-refractivity contribution is 0.0745. The summed E-state index contributed by atoms with van der Waals surface area (Å²) < 4.78 is 5.61. The standard InChI is InChI=1S/C10H13BrO3/c1-10(2,13)8-6(11)4-5-7(14-3)9(8)12/h4-5,12-13H,1-3H3. The molecule has 78 valence electrons. The van der Waals surface area contributed by atoms with E-state index in [-0.39, 0.29) is 5.75 Å². The van der Waals surface area contributed by atoms with E-state index in [1.54, 1.807) is 26.0 Å². The normalized spacial score (nSPS) is 11.5. The number of aromatic hydroxyl groups is 1. The van der Waals surface area contributed by atoms with Gasteiger partial charge in [0, 0.05) is 10.0 Å². The average molecular weight is 261 g/mol. The lowest BCUT2D eigenvalue weighted by Gasteiger charge is -2.21. The molecule has 0 saturated carbocycles. The highest BCUT2D eigenvalue weighted by molar-refractivity contribution is 9.10. The predicted molar refractivity (Wildman–Crippen MR) is 57.6 cm³/mol. The van der Waals surface area contributed by atoms with Crippen molar-refractivity contribution in [3.8, 4) is 11.5 Å². The van der Waals surface area contributed by atoms with Crippen LogP contribution in [-0.4, -0.2) is 17.3 Å². The van der Waals surface area contributed by atoms with E-state index in [1.807, 2.05) is 0 Å². The summed E-state index contributed by atoms with van der Waals surface area (Å²) in [7, 11) is 1.47. The second-order valence-corrected chi connectivity index (χ2v) is 4.39. The van der Waals surface area contributed by atoms with Crippen molar-refractivity contribution in [2.45, 2.75) is 19.4 Å². The third-order valence-electron chi connectivity index (χ3n) is 1.92. The number of hydrogen-bond acceptors (Lipinski definition) is 3. The summed E-state index contributed by atoms with van der Waals surface area (Å²) in [6, 6.07) is 3.36. The van der Waals surface area contributed by atoms with E-state index in [9.17, 15) is 10.2 Å². The molecule has 1 aromatic carbocycles. The van der Waals surface area contributed by atoms with Crippen LogP contribution >= 0.6 is 15.9 Å². The van der Waals surface area contributed by atoms with Crippen molar-refractivity contribution >= 4 is 15.9 Å². The van der Waals surface area contributed by atoms with Crippen LogP contribution < -0.4 is 4.74 Å². The summed E-state index contributed by atoms with van der Waals surface area (Å²) in [5.74, 6) is 0.319. The van der Waals surface area contributed by atoms with Crippen LogP contribution in [0.25, 0.3) is 0 Å². The average Bonchev–Trinajstić information content (AvgIpc) is 2.02. The number of halogens is 1. The quantitative estimate of drug-likeness (QED) is 0.859. The first-order valence-corrected chi connectivity index (χ1v) is 4.95. The SMILES string of the molecule is COc1ccc(Br)c(C(C)(C)O)c1O. The Balaban J connectivity index is 3.40. The molecule has 0 aliphatic rings. The van der Waals surface area contributed by atoms with E-state index >= 15 is 0 Å². The summed E-state index contributed by atoms with van der Waals surface area (Å²) in [4.78, 5) is 0. The molecular weight excluding hydrogens is 248 g/mol. The topological polar surface area (TPSA) is 49.7 Å². The highest BCUT2D eigenvalue weighted by atomic mass is 79.9. The van der Waals surface area contributed by atoms with Crippen molar-refractivity contribution in [3.63, 3.8) is 0 Å². The Hall–Kier alpha value is -0.740. The Morgan fingerprint density at radius 2 is 1.93 bits per heavy atom. The number of benzene rings is 1. The molecule has 1 rings (SSSR count). The van der Waals surface area contributed by atoms with Gasteiger partial charge >= 0.3 is 0 Å². The molecular formula is C10H13BrO3. The minimum absolute atomic E-state index is 0.0330. The minimum Gasteiger partial charge on any atom is -0.504 e. The van der Waals surface area contributed by atoms with Gasteiger partial charge in [0.1, 0.15) is 0 Å². The van der Waals surface area contributed by atoms with E-state index in [0.29, 0.717) is 15.8 Å². The molecule has 2 N–H and O–H groups in total. The van der Waals surface area contributed by atoms with Crippen LogP contribution in [0.1, 0.15) is 19.4 Å². The van der Waals surface area contributed by atoms with Gasteiger partial charge in [-0.15, -0.1) is 0 Å². The first-order valence-electron chi connectivity index (χ1n) is 4.16. The first kappa shape index (κ1) is 11.3. The Labute approximate surface area is 91.5 Å². The summed E-state index contributed by atoms with van der Waals surface area (Å²) >= 11 is 3.27. The molecule has 0 amide bonds. The molecule has 0 atom stereocenters. The van der Waals surface area contributed by atoms with Crippen molar-refractivity contribution < 1.29 is 14.9 Å². The van der Waals surface area contributed by atoms with Crippen LogP contribution in [0.15, 0.2) is 16.6 Å². The van der Waals surface area contributed by atoms with Crippen LogP contribution in [0.5, 0.6) is 11.5 Å². The van der Waals surface area contributed by atoms with Crippen molar-refractivity contribution in [1.29, 1.82) is 0 Å². The fraction of sp³-hybridized carbons (Fsp3) is 0.400. The molecule has 0 unspecified atom stereocenters. The second-order valence-electron chi connectivity index (χ2n) is 3.53. The minimum atomic E-state index is -1.11. The smallest absolute Gasteiger partial charge is 0.164 e. The summed E-state index contributed by atoms with van der Waals surface area (Å²) in [5, 5.41) is 19.6. The molecule has 3 nitrogen and oxygen atoms in total. The molecule has 4 heteroatoms. The zero-order valence-corrected chi connectivity index (χ0v) is 9.92. The molecule has 0 fully saturated rings. The van der Waals surface area contributed by atoms with Crippen LogP contribution in [-0.2, 0) is 5.60 Å². The molecule has 0 heterocycles. The first-order chi connectivity index (χ1) is 6.38. The zero-order chi connectivity index (χ0) is 10.9. The van der Waals surface area contributed by atoms with Gasteiger partial charge in [0.05, 0.1) is 12.7 Å². The number of rotatable bonds is 2. The molecule has 0 saturated heterocycles. The maximum Gasteiger partial charge on any atom is 0.164 e. The van der Waals surface area contributed by atoms with Gasteiger partial charge in [-0.1, -0.05) is 15.9 Å². The van der Waals surface area contributed by atoms with Gasteiger partial charge in [-0.25, -0.2) is 0 Å². The zero-order valence-electron chi connectivity index (χ0n) is 8.34. The van der Waals surface area contributed by atoms with Gasteiger partial charge in [-0.2, -0.15) is 0 Å². The summed E-state index contributed by atoms with van der Waals surface area (Å²) in [5.41, 5.74) is -0.686. The highest BCUT2D eigenvalue weighted by Crippen LogP contribution is 2.40. The van der Waals surface area contributed by atoms with Crippen LogP contribution in [0.3, 0.4) is 0 Å². The second kappa shape index (κ2) is 3.79. The molecule has 0 aromatic heterocycles. The van der Waals surface area contributed by atoms with Gasteiger partial charge in [0.2, 0.25) is 0 Å². The number of phenols is 1. The fourth-order valence-electron chi connectivity index (χ4n) is 1.29. The summed E-state index contributed by atoms with van der Waals surface area (Å²) in [6.45, 7) is 3.21. The molecule has 0 aliphatic carbocycles. The number of ether oxygens (including phenoxy) is 1. The van der Waals surface area contributed by atoms with Crippen molar-refractivity contribution in [3.05, 3.63) is 22.2 Å². The van der Waals surface area contributed by atoms with Gasteiger partial charge < -0.3 is 14.9 Å². The van der Waals surface area contributed by atoms with E-state index in [0.717, 1.165) is 0 Å². The van der Waals surface area contributed by atoms with Gasteiger partial charge in [-0.3, -0.25) is 0 Å². The predicted octanol–water partition coefficient (Wildman–Crippen LogP) is 2.39. The number of aliphatic hydroxyl groups is 1. The Morgan fingerprint density at radius 1 is 1.36 bits per heavy atom. The highest BCUT2D eigenvalue weighted by Gasteiger charge is 2.25. The maximum absolute atomic E-state index is 9.83. The third kappa shape index (κ3) is 2.01. The largest absolute Gasteiger partial charge is 0.504 e. The van der Waals surface area contributed by atoms with E-state index in [2.05, 4.69) is 15.9 Å². The van der Waals surface area contributed by atoms with E-state index in [1.165, 1.54) is 7.11 Å². The number of phenolic OH excluding ortho intramolecular Hbond substituents is 1. The lowest BCUT2D eigenvalue weighted by atomic mass is 9.97. The van der Waals surface area contributed by atoms with Gasteiger partial charge in [-0.05, 0) is 26.0 Å². The Kier molecular flexibility index (Phi) is 3.07.